The van der Waals surface area contributed by atoms with Gasteiger partial charge in [-0.25, -0.2) is 14.2 Å². The van der Waals surface area contributed by atoms with Crippen LogP contribution in [-0.4, -0.2) is 28.7 Å². The van der Waals surface area contributed by atoms with Crippen molar-refractivity contribution in [3.8, 4) is 0 Å². The third-order valence-corrected chi connectivity index (χ3v) is 1.61. The summed E-state index contributed by atoms with van der Waals surface area (Å²) < 4.78 is 5.92. The van der Waals surface area contributed by atoms with E-state index in [0.29, 0.717) is 9.05 Å². The molecule has 84 valence electrons. The molecular formula is C9H11BN2O4. The molecule has 0 N–H and O–H groups in total. The summed E-state index contributed by atoms with van der Waals surface area (Å²) >= 11 is 0. The highest BCUT2D eigenvalue weighted by Gasteiger charge is 2.19. The van der Waals surface area contributed by atoms with Crippen LogP contribution < -0.4 is 11.2 Å². The molecule has 2 radical (unpaired) electrons. The quantitative estimate of drug-likeness (QED) is 0.566. The van der Waals surface area contributed by atoms with Crippen molar-refractivity contribution in [1.82, 2.24) is 9.05 Å². The molecule has 1 aromatic rings. The largest absolute Gasteiger partial charge is 0.443 e. The SMILES string of the molecule is [B]n1c(=O)ccn(C(=O)OC(C)(C)C)c1=O. The smallest absolute Gasteiger partial charge is 0.422 e. The molecule has 16 heavy (non-hydrogen) atoms. The molecule has 0 amide bonds. The zero-order chi connectivity index (χ0) is 12.5. The molecule has 0 spiro atoms. The first-order valence-electron chi connectivity index (χ1n) is 4.55. The van der Waals surface area contributed by atoms with Crippen molar-refractivity contribution >= 4 is 14.1 Å². The Bertz CT molecular complexity index is 524. The van der Waals surface area contributed by atoms with Gasteiger partial charge in [-0.2, -0.15) is 0 Å². The van der Waals surface area contributed by atoms with Crippen LogP contribution in [0.3, 0.4) is 0 Å². The second-order valence-corrected chi connectivity index (χ2v) is 4.16. The summed E-state index contributed by atoms with van der Waals surface area (Å²) in [5.74, 6) is 0. The highest BCUT2D eigenvalue weighted by atomic mass is 16.6. The predicted octanol–water partition coefficient (Wildman–Crippen LogP) is -0.275. The highest BCUT2D eigenvalue weighted by Crippen LogP contribution is 2.07. The van der Waals surface area contributed by atoms with E-state index in [0.717, 1.165) is 12.3 Å². The van der Waals surface area contributed by atoms with Crippen LogP contribution in [0.2, 0.25) is 0 Å². The Labute approximate surface area is 92.9 Å². The number of hydrogen-bond donors (Lipinski definition) is 0. The van der Waals surface area contributed by atoms with Gasteiger partial charge in [0.25, 0.3) is 0 Å². The summed E-state index contributed by atoms with van der Waals surface area (Å²) in [6.07, 6.45) is 0.152. The molecule has 0 unspecified atom stereocenters. The van der Waals surface area contributed by atoms with E-state index in [1.807, 2.05) is 0 Å². The molecule has 6 nitrogen and oxygen atoms in total. The lowest BCUT2D eigenvalue weighted by molar-refractivity contribution is 0.0527. The predicted molar refractivity (Wildman–Crippen MR) is 57.7 cm³/mol. The Kier molecular flexibility index (Phi) is 3.07. The zero-order valence-electron chi connectivity index (χ0n) is 9.26. The summed E-state index contributed by atoms with van der Waals surface area (Å²) in [4.78, 5) is 33.9. The fourth-order valence-electron chi connectivity index (χ4n) is 0.943. The van der Waals surface area contributed by atoms with Crippen molar-refractivity contribution in [2.24, 2.45) is 0 Å². The van der Waals surface area contributed by atoms with Gasteiger partial charge in [-0.15, -0.1) is 0 Å². The van der Waals surface area contributed by atoms with Crippen molar-refractivity contribution in [2.75, 3.05) is 0 Å². The molecule has 0 fully saturated rings. The van der Waals surface area contributed by atoms with E-state index in [2.05, 4.69) is 0 Å². The summed E-state index contributed by atoms with van der Waals surface area (Å²) in [5, 5.41) is 0. The molecule has 0 aromatic carbocycles. The molecule has 7 heteroatoms. The number of aromatic nitrogens is 2. The minimum Gasteiger partial charge on any atom is -0.443 e. The fraction of sp³-hybridized carbons (Fsp3) is 0.444. The molecule has 0 aliphatic carbocycles. The summed E-state index contributed by atoms with van der Waals surface area (Å²) in [7, 11) is 5.15. The van der Waals surface area contributed by atoms with Gasteiger partial charge in [-0.1, -0.05) is 0 Å². The van der Waals surface area contributed by atoms with Crippen LogP contribution in [-0.2, 0) is 4.74 Å². The molecule has 0 aliphatic rings. The van der Waals surface area contributed by atoms with Gasteiger partial charge in [0.1, 0.15) is 5.60 Å². The Morgan fingerprint density at radius 3 is 2.44 bits per heavy atom. The fourth-order valence-corrected chi connectivity index (χ4v) is 0.943. The maximum atomic E-state index is 11.5. The normalized spacial score (nSPS) is 11.2. The molecular weight excluding hydrogens is 211 g/mol. The molecule has 1 rings (SSSR count). The highest BCUT2D eigenvalue weighted by molar-refractivity contribution is 6.06. The zero-order valence-corrected chi connectivity index (χ0v) is 9.26. The molecule has 0 saturated heterocycles. The minimum atomic E-state index is -0.943. The number of hydrogen-bond acceptors (Lipinski definition) is 4. The lowest BCUT2D eigenvalue weighted by Gasteiger charge is -2.19. The van der Waals surface area contributed by atoms with E-state index in [4.69, 9.17) is 12.7 Å². The number of carbonyl (C=O) groups excluding carboxylic acids is 1. The van der Waals surface area contributed by atoms with Crippen LogP contribution in [0, 0.1) is 0 Å². The topological polar surface area (TPSA) is 70.3 Å². The van der Waals surface area contributed by atoms with Crippen LogP contribution in [0.5, 0.6) is 0 Å². The van der Waals surface area contributed by atoms with E-state index >= 15 is 0 Å². The standard InChI is InChI=1S/C9H11BN2O4/c1-9(2,3)16-8(15)11-5-4-6(13)12(10)7(11)14/h4-5H,1-3H3. The first kappa shape index (κ1) is 12.3. The molecule has 0 aliphatic heterocycles. The van der Waals surface area contributed by atoms with Crippen molar-refractivity contribution in [3.05, 3.63) is 33.1 Å². The first-order chi connectivity index (χ1) is 7.22. The van der Waals surface area contributed by atoms with Gasteiger partial charge in [-0.05, 0) is 20.8 Å². The van der Waals surface area contributed by atoms with Crippen LogP contribution in [0.1, 0.15) is 20.8 Å². The number of nitrogens with zero attached hydrogens (tertiary/aromatic N) is 2. The lowest BCUT2D eigenvalue weighted by Crippen LogP contribution is -2.42. The van der Waals surface area contributed by atoms with E-state index in [1.54, 1.807) is 20.8 Å². The molecule has 1 aromatic heterocycles. The van der Waals surface area contributed by atoms with Crippen molar-refractivity contribution in [1.29, 1.82) is 0 Å². The Morgan fingerprint density at radius 1 is 1.38 bits per heavy atom. The maximum Gasteiger partial charge on any atom is 0.422 e. The molecule has 0 saturated carbocycles. The van der Waals surface area contributed by atoms with Gasteiger partial charge in [0.05, 0.1) is 0 Å². The number of ether oxygens (including phenoxy) is 1. The van der Waals surface area contributed by atoms with Crippen LogP contribution >= 0.6 is 0 Å². The maximum absolute atomic E-state index is 11.5. The summed E-state index contributed by atoms with van der Waals surface area (Å²) in [6, 6.07) is 1.01. The van der Waals surface area contributed by atoms with Crippen molar-refractivity contribution in [3.63, 3.8) is 0 Å². The minimum absolute atomic E-state index is 0.337. The van der Waals surface area contributed by atoms with Gasteiger partial charge >= 0.3 is 11.8 Å². The van der Waals surface area contributed by atoms with E-state index in [9.17, 15) is 14.4 Å². The van der Waals surface area contributed by atoms with Gasteiger partial charge in [0.15, 0.2) is 0 Å². The summed E-state index contributed by atoms with van der Waals surface area (Å²) in [5.41, 5.74) is -2.36. The third-order valence-electron chi connectivity index (χ3n) is 1.61. The van der Waals surface area contributed by atoms with Gasteiger partial charge in [-0.3, -0.25) is 4.79 Å². The lowest BCUT2D eigenvalue weighted by atomic mass is 10.2. The summed E-state index contributed by atoms with van der Waals surface area (Å²) in [6.45, 7) is 4.98. The van der Waals surface area contributed by atoms with Gasteiger partial charge < -0.3 is 9.21 Å². The molecule has 1 heterocycles. The van der Waals surface area contributed by atoms with Crippen molar-refractivity contribution < 1.29 is 9.53 Å². The van der Waals surface area contributed by atoms with Crippen LogP contribution in [0.25, 0.3) is 0 Å². The van der Waals surface area contributed by atoms with Gasteiger partial charge in [0.2, 0.25) is 13.5 Å². The Hall–Kier alpha value is -1.79. The van der Waals surface area contributed by atoms with Crippen LogP contribution in [0.4, 0.5) is 4.79 Å². The van der Waals surface area contributed by atoms with Crippen LogP contribution in [0.15, 0.2) is 21.9 Å². The first-order valence-corrected chi connectivity index (χ1v) is 4.55. The third kappa shape index (κ3) is 2.62. The van der Waals surface area contributed by atoms with E-state index in [-0.39, 0.29) is 0 Å². The molecule has 0 bridgehead atoms. The van der Waals surface area contributed by atoms with Gasteiger partial charge in [0, 0.05) is 12.3 Å². The second-order valence-electron chi connectivity index (χ2n) is 4.16. The second kappa shape index (κ2) is 4.00. The average Bonchev–Trinajstić information content (AvgIpc) is 2.11. The van der Waals surface area contributed by atoms with Crippen molar-refractivity contribution in [2.45, 2.75) is 26.4 Å². The Morgan fingerprint density at radius 2 is 1.94 bits per heavy atom. The van der Waals surface area contributed by atoms with E-state index in [1.165, 1.54) is 0 Å². The Balaban J connectivity index is 3.17. The number of carbonyl (C=O) groups is 1. The van der Waals surface area contributed by atoms with E-state index < -0.39 is 22.9 Å². The molecule has 0 atom stereocenters. The number of rotatable bonds is 0. The average molecular weight is 222 g/mol. The monoisotopic (exact) mass is 222 g/mol.